The molecular weight excluding hydrogens is 512 g/mol. The maximum Gasteiger partial charge on any atom is 0.257 e. The van der Waals surface area contributed by atoms with Gasteiger partial charge in [-0.2, -0.15) is 0 Å². The third-order valence-electron chi connectivity index (χ3n) is 6.32. The molecule has 1 heterocycles. The van der Waals surface area contributed by atoms with Gasteiger partial charge in [-0.15, -0.1) is 0 Å². The third kappa shape index (κ3) is 7.70. The number of benzene rings is 3. The Morgan fingerprint density at radius 1 is 0.846 bits per heavy atom. The highest BCUT2D eigenvalue weighted by Crippen LogP contribution is 2.21. The van der Waals surface area contributed by atoms with Crippen LogP contribution >= 0.6 is 12.2 Å². The van der Waals surface area contributed by atoms with Crippen molar-refractivity contribution in [2.45, 2.75) is 13.8 Å². The number of methoxy groups -OCH3 is 1. The molecule has 0 radical (unpaired) electrons. The molecule has 0 spiro atoms. The summed E-state index contributed by atoms with van der Waals surface area (Å²) >= 11 is 5.34. The zero-order valence-corrected chi connectivity index (χ0v) is 23.3. The quantitative estimate of drug-likeness (QED) is 0.392. The molecule has 3 aromatic carbocycles. The first kappa shape index (κ1) is 27.9. The second kappa shape index (κ2) is 13.1. The van der Waals surface area contributed by atoms with Crippen molar-refractivity contribution in [3.8, 4) is 11.5 Å². The molecule has 2 amide bonds. The van der Waals surface area contributed by atoms with E-state index < -0.39 is 0 Å². The van der Waals surface area contributed by atoms with Gasteiger partial charge in [-0.25, -0.2) is 0 Å². The molecule has 0 aliphatic carbocycles. The lowest BCUT2D eigenvalue weighted by molar-refractivity contribution is 0.0746. The largest absolute Gasteiger partial charge is 0.497 e. The van der Waals surface area contributed by atoms with Crippen LogP contribution in [0.15, 0.2) is 72.8 Å². The van der Waals surface area contributed by atoms with Crippen LogP contribution in [0.25, 0.3) is 0 Å². The van der Waals surface area contributed by atoms with Crippen molar-refractivity contribution >= 4 is 40.5 Å². The number of hydrogen-bond acceptors (Lipinski definition) is 6. The number of rotatable bonds is 8. The average molecular weight is 547 g/mol. The summed E-state index contributed by atoms with van der Waals surface area (Å²) < 4.78 is 10.8. The van der Waals surface area contributed by atoms with Gasteiger partial charge in [0.1, 0.15) is 11.5 Å². The fourth-order valence-electron chi connectivity index (χ4n) is 4.14. The molecule has 3 aromatic rings. The predicted molar refractivity (Wildman–Crippen MR) is 158 cm³/mol. The van der Waals surface area contributed by atoms with Crippen molar-refractivity contribution in [3.63, 3.8) is 0 Å². The van der Waals surface area contributed by atoms with Gasteiger partial charge >= 0.3 is 0 Å². The number of nitrogens with one attached hydrogen (secondary N) is 2. The highest BCUT2D eigenvalue weighted by Gasteiger charge is 2.22. The molecule has 8 nitrogen and oxygen atoms in total. The van der Waals surface area contributed by atoms with Gasteiger partial charge in [0.05, 0.1) is 13.7 Å². The lowest BCUT2D eigenvalue weighted by Crippen LogP contribution is -2.48. The molecule has 9 heteroatoms. The number of carbonyl (C=O) groups is 2. The van der Waals surface area contributed by atoms with E-state index in [9.17, 15) is 9.59 Å². The molecule has 2 N–H and O–H groups in total. The Morgan fingerprint density at radius 2 is 1.44 bits per heavy atom. The van der Waals surface area contributed by atoms with Crippen LogP contribution in [0.4, 0.5) is 11.4 Å². The van der Waals surface area contributed by atoms with Gasteiger partial charge in [0.25, 0.3) is 11.8 Å². The smallest absolute Gasteiger partial charge is 0.257 e. The molecular formula is C30H34N4O4S. The van der Waals surface area contributed by atoms with E-state index in [2.05, 4.69) is 29.4 Å². The fraction of sp³-hybridized carbons (Fsp3) is 0.300. The molecule has 39 heavy (non-hydrogen) atoms. The first-order chi connectivity index (χ1) is 18.8. The average Bonchev–Trinajstić information content (AvgIpc) is 2.96. The first-order valence-electron chi connectivity index (χ1n) is 13.0. The zero-order valence-electron chi connectivity index (χ0n) is 22.5. The van der Waals surface area contributed by atoms with Crippen LogP contribution in [0.5, 0.6) is 11.5 Å². The van der Waals surface area contributed by atoms with Crippen molar-refractivity contribution in [1.82, 2.24) is 10.2 Å². The van der Waals surface area contributed by atoms with Gasteiger partial charge in [-0.1, -0.05) is 13.8 Å². The minimum Gasteiger partial charge on any atom is -0.497 e. The lowest BCUT2D eigenvalue weighted by atomic mass is 10.1. The number of hydrogen-bond donors (Lipinski definition) is 2. The molecule has 4 rings (SSSR count). The molecule has 1 aliphatic rings. The summed E-state index contributed by atoms with van der Waals surface area (Å²) in [5.74, 6) is 1.63. The van der Waals surface area contributed by atoms with Gasteiger partial charge < -0.3 is 24.6 Å². The number of thiocarbonyl (C=S) groups is 1. The summed E-state index contributed by atoms with van der Waals surface area (Å²) in [6.45, 7) is 7.56. The minimum absolute atomic E-state index is 0.0304. The van der Waals surface area contributed by atoms with Crippen molar-refractivity contribution in [2.75, 3.05) is 50.1 Å². The Kier molecular flexibility index (Phi) is 9.38. The van der Waals surface area contributed by atoms with E-state index in [1.54, 1.807) is 55.6 Å². The summed E-state index contributed by atoms with van der Waals surface area (Å²) in [5, 5.41) is 5.99. The topological polar surface area (TPSA) is 83.1 Å². The van der Waals surface area contributed by atoms with Crippen LogP contribution in [0.3, 0.4) is 0 Å². The van der Waals surface area contributed by atoms with Gasteiger partial charge in [0.2, 0.25) is 0 Å². The SMILES string of the molecule is COc1ccc(C(=O)N2CCN(c3ccc(NC(=S)NC(=O)c4ccc(OCC(C)C)cc4)cc3)CC2)cc1. The standard InChI is InChI=1S/C30H34N4O4S/c1-21(2)20-38-27-14-4-22(5-15-27)28(35)32-30(39)31-24-8-10-25(11-9-24)33-16-18-34(19-17-33)29(36)23-6-12-26(37-3)13-7-23/h4-15,21H,16-20H2,1-3H3,(H2,31,32,35,39). The zero-order chi connectivity index (χ0) is 27.8. The van der Waals surface area contributed by atoms with Crippen LogP contribution in [0.1, 0.15) is 34.6 Å². The van der Waals surface area contributed by atoms with E-state index in [0.717, 1.165) is 36.0 Å². The maximum absolute atomic E-state index is 12.8. The van der Waals surface area contributed by atoms with Gasteiger partial charge in [-0.05, 0) is 90.9 Å². The molecule has 0 unspecified atom stereocenters. The molecule has 0 bridgehead atoms. The number of piperazine rings is 1. The summed E-state index contributed by atoms with van der Waals surface area (Å²) in [7, 11) is 1.61. The molecule has 0 atom stereocenters. The summed E-state index contributed by atoms with van der Waals surface area (Å²) in [6, 6.07) is 22.0. The number of amides is 2. The number of carbonyl (C=O) groups excluding carboxylic acids is 2. The summed E-state index contributed by atoms with van der Waals surface area (Å²) in [4.78, 5) is 29.5. The van der Waals surface area contributed by atoms with Crippen LogP contribution < -0.4 is 25.0 Å². The van der Waals surface area contributed by atoms with Gasteiger partial charge in [0.15, 0.2) is 5.11 Å². The van der Waals surface area contributed by atoms with Crippen molar-refractivity contribution < 1.29 is 19.1 Å². The minimum atomic E-state index is -0.290. The van der Waals surface area contributed by atoms with Gasteiger partial charge in [0, 0.05) is 48.7 Å². The summed E-state index contributed by atoms with van der Waals surface area (Å²) in [5.41, 5.74) is 2.99. The van der Waals surface area contributed by atoms with Crippen LogP contribution in [0.2, 0.25) is 0 Å². The molecule has 0 saturated carbocycles. The molecule has 1 aliphatic heterocycles. The molecule has 1 saturated heterocycles. The van der Waals surface area contributed by atoms with Crippen LogP contribution in [0, 0.1) is 5.92 Å². The van der Waals surface area contributed by atoms with Crippen LogP contribution in [-0.2, 0) is 0 Å². The normalized spacial score (nSPS) is 13.1. The van der Waals surface area contributed by atoms with Gasteiger partial charge in [-0.3, -0.25) is 14.9 Å². The van der Waals surface area contributed by atoms with E-state index in [4.69, 9.17) is 21.7 Å². The first-order valence-corrected chi connectivity index (χ1v) is 13.4. The van der Waals surface area contributed by atoms with E-state index >= 15 is 0 Å². The number of ether oxygens (including phenoxy) is 2. The third-order valence-corrected chi connectivity index (χ3v) is 6.53. The second-order valence-corrected chi connectivity index (χ2v) is 10.1. The number of nitrogens with zero attached hydrogens (tertiary/aromatic N) is 2. The number of anilines is 2. The monoisotopic (exact) mass is 546 g/mol. The van der Waals surface area contributed by atoms with Crippen LogP contribution in [-0.4, -0.2) is 61.7 Å². The molecule has 0 aromatic heterocycles. The van der Waals surface area contributed by atoms with E-state index in [1.807, 2.05) is 29.2 Å². The van der Waals surface area contributed by atoms with Crippen molar-refractivity contribution in [1.29, 1.82) is 0 Å². The maximum atomic E-state index is 12.8. The van der Waals surface area contributed by atoms with Crippen molar-refractivity contribution in [2.24, 2.45) is 5.92 Å². The lowest BCUT2D eigenvalue weighted by Gasteiger charge is -2.36. The van der Waals surface area contributed by atoms with E-state index in [0.29, 0.717) is 36.7 Å². The Hall–Kier alpha value is -4.11. The molecule has 1 fully saturated rings. The highest BCUT2D eigenvalue weighted by molar-refractivity contribution is 7.80. The second-order valence-electron chi connectivity index (χ2n) is 9.69. The Bertz CT molecular complexity index is 1270. The Balaban J connectivity index is 1.24. The van der Waals surface area contributed by atoms with E-state index in [-0.39, 0.29) is 16.9 Å². The predicted octanol–water partition coefficient (Wildman–Crippen LogP) is 4.82. The highest BCUT2D eigenvalue weighted by atomic mass is 32.1. The fourth-order valence-corrected chi connectivity index (χ4v) is 4.35. The summed E-state index contributed by atoms with van der Waals surface area (Å²) in [6.07, 6.45) is 0. The molecule has 204 valence electrons. The van der Waals surface area contributed by atoms with Crippen molar-refractivity contribution in [3.05, 3.63) is 83.9 Å². The Morgan fingerprint density at radius 3 is 2.03 bits per heavy atom. The Labute approximate surface area is 234 Å². The van der Waals surface area contributed by atoms with E-state index in [1.165, 1.54) is 0 Å².